The van der Waals surface area contributed by atoms with E-state index in [1.807, 2.05) is 23.1 Å². The van der Waals surface area contributed by atoms with Crippen molar-refractivity contribution in [3.63, 3.8) is 0 Å². The van der Waals surface area contributed by atoms with E-state index in [0.29, 0.717) is 35.7 Å². The van der Waals surface area contributed by atoms with Gasteiger partial charge in [0.15, 0.2) is 0 Å². The molecule has 1 fully saturated rings. The first kappa shape index (κ1) is 17.2. The van der Waals surface area contributed by atoms with Crippen LogP contribution in [0.3, 0.4) is 0 Å². The summed E-state index contributed by atoms with van der Waals surface area (Å²) in [6.07, 6.45) is 4.04. The zero-order valence-corrected chi connectivity index (χ0v) is 15.6. The number of nitrogens with zero attached hydrogens (tertiary/aromatic N) is 2. The van der Waals surface area contributed by atoms with E-state index >= 15 is 0 Å². The highest BCUT2D eigenvalue weighted by Crippen LogP contribution is 2.41. The van der Waals surface area contributed by atoms with Crippen molar-refractivity contribution in [3.05, 3.63) is 76.9 Å². The summed E-state index contributed by atoms with van der Waals surface area (Å²) in [5.41, 5.74) is 5.34. The van der Waals surface area contributed by atoms with Crippen LogP contribution in [-0.4, -0.2) is 34.1 Å². The molecule has 28 heavy (non-hydrogen) atoms. The molecular weight excluding hydrogens is 353 g/mol. The molecule has 1 aliphatic carbocycles. The SMILES string of the molecule is O=C(c1ccccc1-c1ccccc1F)N1CCc2[nH]nc(C3CC3)c2CC1. The Morgan fingerprint density at radius 3 is 2.50 bits per heavy atom. The molecule has 1 amide bonds. The van der Waals surface area contributed by atoms with E-state index in [9.17, 15) is 9.18 Å². The summed E-state index contributed by atoms with van der Waals surface area (Å²) < 4.78 is 14.4. The maximum atomic E-state index is 14.4. The van der Waals surface area contributed by atoms with Crippen molar-refractivity contribution in [1.29, 1.82) is 0 Å². The summed E-state index contributed by atoms with van der Waals surface area (Å²) in [4.78, 5) is 15.2. The molecule has 1 aliphatic heterocycles. The first-order chi connectivity index (χ1) is 13.7. The Kier molecular flexibility index (Phi) is 4.23. The first-order valence-electron chi connectivity index (χ1n) is 9.91. The highest BCUT2D eigenvalue weighted by atomic mass is 19.1. The molecule has 2 aromatic carbocycles. The monoisotopic (exact) mass is 375 g/mol. The largest absolute Gasteiger partial charge is 0.338 e. The van der Waals surface area contributed by atoms with Crippen LogP contribution in [0.2, 0.25) is 0 Å². The van der Waals surface area contributed by atoms with Gasteiger partial charge in [0.05, 0.1) is 5.69 Å². The van der Waals surface area contributed by atoms with Gasteiger partial charge in [-0.3, -0.25) is 9.89 Å². The second-order valence-electron chi connectivity index (χ2n) is 7.66. The van der Waals surface area contributed by atoms with Crippen LogP contribution in [0.25, 0.3) is 11.1 Å². The van der Waals surface area contributed by atoms with E-state index in [-0.39, 0.29) is 11.7 Å². The third-order valence-electron chi connectivity index (χ3n) is 5.82. The quantitative estimate of drug-likeness (QED) is 0.741. The molecule has 0 radical (unpaired) electrons. The Morgan fingerprint density at radius 1 is 1.00 bits per heavy atom. The number of rotatable bonds is 3. The number of fused-ring (bicyclic) bond motifs is 1. The Balaban J connectivity index is 1.43. The lowest BCUT2D eigenvalue weighted by molar-refractivity contribution is 0.0763. The van der Waals surface area contributed by atoms with Gasteiger partial charge in [-0.05, 0) is 42.5 Å². The van der Waals surface area contributed by atoms with Crippen molar-refractivity contribution in [3.8, 4) is 11.1 Å². The van der Waals surface area contributed by atoms with Crippen molar-refractivity contribution in [2.45, 2.75) is 31.6 Å². The average molecular weight is 375 g/mol. The van der Waals surface area contributed by atoms with Gasteiger partial charge in [-0.1, -0.05) is 36.4 Å². The number of carbonyl (C=O) groups excluding carboxylic acids is 1. The standard InChI is InChI=1S/C23H22FN3O/c24-20-8-4-3-6-17(20)16-5-1-2-7-18(16)23(28)27-13-11-19-21(12-14-27)25-26-22(19)15-9-10-15/h1-8,15H,9-14H2,(H,25,26). The zero-order valence-electron chi connectivity index (χ0n) is 15.6. The normalized spacial score (nSPS) is 16.5. The fraction of sp³-hybridized carbons (Fsp3) is 0.304. The summed E-state index contributed by atoms with van der Waals surface area (Å²) in [7, 11) is 0. The third-order valence-corrected chi connectivity index (χ3v) is 5.82. The molecule has 5 rings (SSSR count). The Hall–Kier alpha value is -2.95. The number of halogens is 1. The van der Waals surface area contributed by atoms with Crippen molar-refractivity contribution in [2.24, 2.45) is 0 Å². The fourth-order valence-corrected chi connectivity index (χ4v) is 4.16. The van der Waals surface area contributed by atoms with Crippen LogP contribution in [0.5, 0.6) is 0 Å². The first-order valence-corrected chi connectivity index (χ1v) is 9.91. The average Bonchev–Trinajstić information content (AvgIpc) is 3.52. The van der Waals surface area contributed by atoms with Gasteiger partial charge in [-0.15, -0.1) is 0 Å². The lowest BCUT2D eigenvalue weighted by Crippen LogP contribution is -2.33. The summed E-state index contributed by atoms with van der Waals surface area (Å²) in [6, 6.07) is 13.9. The molecule has 2 aliphatic rings. The second-order valence-corrected chi connectivity index (χ2v) is 7.66. The molecule has 1 aromatic heterocycles. The minimum absolute atomic E-state index is 0.0371. The summed E-state index contributed by atoms with van der Waals surface area (Å²) in [5, 5.41) is 7.72. The van der Waals surface area contributed by atoms with Crippen molar-refractivity contribution in [2.75, 3.05) is 13.1 Å². The number of amides is 1. The summed E-state index contributed by atoms with van der Waals surface area (Å²) >= 11 is 0. The Bertz CT molecular complexity index is 1040. The number of H-pyrrole nitrogens is 1. The number of hydrogen-bond donors (Lipinski definition) is 1. The van der Waals surface area contributed by atoms with Gasteiger partial charge in [-0.25, -0.2) is 4.39 Å². The van der Waals surface area contributed by atoms with Crippen LogP contribution in [0.1, 0.15) is 46.1 Å². The van der Waals surface area contributed by atoms with E-state index < -0.39 is 0 Å². The molecule has 0 bridgehead atoms. The van der Waals surface area contributed by atoms with Crippen LogP contribution in [0, 0.1) is 5.82 Å². The van der Waals surface area contributed by atoms with Crippen LogP contribution in [-0.2, 0) is 12.8 Å². The van der Waals surface area contributed by atoms with Gasteiger partial charge in [0, 0.05) is 42.2 Å². The minimum Gasteiger partial charge on any atom is -0.338 e. The molecule has 1 saturated carbocycles. The summed E-state index contributed by atoms with van der Waals surface area (Å²) in [5.74, 6) is 0.253. The maximum Gasteiger partial charge on any atom is 0.254 e. The van der Waals surface area contributed by atoms with Gasteiger partial charge >= 0.3 is 0 Å². The number of benzene rings is 2. The topological polar surface area (TPSA) is 49.0 Å². The predicted molar refractivity (Wildman–Crippen MR) is 106 cm³/mol. The number of aromatic nitrogens is 2. The molecule has 0 spiro atoms. The van der Waals surface area contributed by atoms with E-state index in [4.69, 9.17) is 0 Å². The number of hydrogen-bond acceptors (Lipinski definition) is 2. The van der Waals surface area contributed by atoms with Crippen LogP contribution in [0.15, 0.2) is 48.5 Å². The highest BCUT2D eigenvalue weighted by molar-refractivity contribution is 6.01. The Morgan fingerprint density at radius 2 is 1.71 bits per heavy atom. The van der Waals surface area contributed by atoms with Crippen LogP contribution < -0.4 is 0 Å². The molecule has 1 N–H and O–H groups in total. The van der Waals surface area contributed by atoms with E-state index in [0.717, 1.165) is 12.8 Å². The van der Waals surface area contributed by atoms with Gasteiger partial charge < -0.3 is 4.90 Å². The molecule has 0 saturated heterocycles. The van der Waals surface area contributed by atoms with E-state index in [1.54, 1.807) is 24.3 Å². The van der Waals surface area contributed by atoms with Gasteiger partial charge in [0.2, 0.25) is 0 Å². The Labute approximate surface area is 163 Å². The number of nitrogens with one attached hydrogen (secondary N) is 1. The maximum absolute atomic E-state index is 14.4. The highest BCUT2D eigenvalue weighted by Gasteiger charge is 2.32. The second kappa shape index (κ2) is 6.89. The van der Waals surface area contributed by atoms with Crippen molar-refractivity contribution >= 4 is 5.91 Å². The number of carbonyl (C=O) groups is 1. The number of aromatic amines is 1. The van der Waals surface area contributed by atoms with Crippen LogP contribution >= 0.6 is 0 Å². The predicted octanol–water partition coefficient (Wildman–Crippen LogP) is 4.33. The van der Waals surface area contributed by atoms with Gasteiger partial charge in [0.25, 0.3) is 5.91 Å². The van der Waals surface area contributed by atoms with Crippen molar-refractivity contribution in [1.82, 2.24) is 15.1 Å². The molecule has 4 nitrogen and oxygen atoms in total. The third kappa shape index (κ3) is 3.01. The minimum atomic E-state index is -0.311. The molecule has 3 aromatic rings. The molecule has 2 heterocycles. The molecule has 5 heteroatoms. The smallest absolute Gasteiger partial charge is 0.254 e. The van der Waals surface area contributed by atoms with Crippen LogP contribution in [0.4, 0.5) is 4.39 Å². The van der Waals surface area contributed by atoms with Gasteiger partial charge in [-0.2, -0.15) is 5.10 Å². The lowest BCUT2D eigenvalue weighted by Gasteiger charge is -2.22. The van der Waals surface area contributed by atoms with E-state index in [2.05, 4.69) is 10.2 Å². The van der Waals surface area contributed by atoms with Crippen molar-refractivity contribution < 1.29 is 9.18 Å². The molecular formula is C23H22FN3O. The molecule has 0 unspecified atom stereocenters. The van der Waals surface area contributed by atoms with E-state index in [1.165, 1.54) is 35.9 Å². The fourth-order valence-electron chi connectivity index (χ4n) is 4.16. The zero-order chi connectivity index (χ0) is 19.1. The summed E-state index contributed by atoms with van der Waals surface area (Å²) in [6.45, 7) is 1.31. The lowest BCUT2D eigenvalue weighted by atomic mass is 9.98. The molecule has 142 valence electrons. The van der Waals surface area contributed by atoms with Gasteiger partial charge in [0.1, 0.15) is 5.82 Å². The molecule has 0 atom stereocenters.